The second-order valence-electron chi connectivity index (χ2n) is 7.25. The fourth-order valence-corrected chi connectivity index (χ4v) is 3.93. The zero-order valence-corrected chi connectivity index (χ0v) is 16.9. The van der Waals surface area contributed by atoms with E-state index in [4.69, 9.17) is 33.4 Å². The normalized spacial score (nSPS) is 23.5. The average Bonchev–Trinajstić information content (AvgIpc) is 2.50. The molecule has 0 bridgehead atoms. The predicted octanol–water partition coefficient (Wildman–Crippen LogP) is 4.17. The number of carbonyl (C=O) groups is 4. The topological polar surface area (TPSA) is 109 Å². The highest BCUT2D eigenvalue weighted by molar-refractivity contribution is 6.66. The summed E-state index contributed by atoms with van der Waals surface area (Å²) in [7, 11) is 0. The summed E-state index contributed by atoms with van der Waals surface area (Å²) in [5, 5.41) is 14.9. The van der Waals surface area contributed by atoms with Crippen LogP contribution in [0.15, 0.2) is 0 Å². The van der Waals surface area contributed by atoms with Crippen LogP contribution in [0.3, 0.4) is 0 Å². The van der Waals surface area contributed by atoms with Gasteiger partial charge in [-0.25, -0.2) is 0 Å². The van der Waals surface area contributed by atoms with Crippen LogP contribution in [0.1, 0.15) is 59.3 Å². The zero-order chi connectivity index (χ0) is 20.4. The Morgan fingerprint density at radius 1 is 0.962 bits per heavy atom. The lowest BCUT2D eigenvalue weighted by Gasteiger charge is -2.40. The molecule has 1 fully saturated rings. The summed E-state index contributed by atoms with van der Waals surface area (Å²) >= 11 is 11.1. The second kappa shape index (κ2) is 12.3. The van der Waals surface area contributed by atoms with Crippen molar-refractivity contribution in [3.63, 3.8) is 0 Å². The first-order chi connectivity index (χ1) is 12.0. The Morgan fingerprint density at radius 2 is 1.46 bits per heavy atom. The summed E-state index contributed by atoms with van der Waals surface area (Å²) in [6.45, 7) is 6.54. The molecule has 6 nitrogen and oxygen atoms in total. The third-order valence-corrected chi connectivity index (χ3v) is 5.25. The fraction of sp³-hybridized carbons (Fsp3) is 0.778. The lowest BCUT2D eigenvalue weighted by molar-refractivity contribution is -0.143. The molecule has 0 amide bonds. The zero-order valence-electron chi connectivity index (χ0n) is 15.4. The molecule has 1 aliphatic carbocycles. The van der Waals surface area contributed by atoms with Gasteiger partial charge >= 0.3 is 11.9 Å². The Kier molecular flexibility index (Phi) is 11.7. The van der Waals surface area contributed by atoms with Gasteiger partial charge in [0.1, 0.15) is 0 Å². The van der Waals surface area contributed by atoms with Crippen molar-refractivity contribution in [1.29, 1.82) is 0 Å². The number of carboxylic acid groups (broad SMARTS) is 2. The van der Waals surface area contributed by atoms with E-state index in [1.54, 1.807) is 0 Å². The molecule has 0 radical (unpaired) electrons. The van der Waals surface area contributed by atoms with E-state index in [0.717, 1.165) is 12.8 Å². The number of halogens is 2. The quantitative estimate of drug-likeness (QED) is 0.581. The Morgan fingerprint density at radius 3 is 1.81 bits per heavy atom. The van der Waals surface area contributed by atoms with Gasteiger partial charge in [-0.05, 0) is 59.7 Å². The molecule has 0 aliphatic heterocycles. The molecule has 8 heteroatoms. The summed E-state index contributed by atoms with van der Waals surface area (Å²) in [6, 6.07) is 0. The second-order valence-corrected chi connectivity index (χ2v) is 8.04. The highest BCUT2D eigenvalue weighted by Gasteiger charge is 2.39. The SMILES string of the molecule is CC1CCC(C(C)C)C(C(CC(=O)Cl)C(=O)Cl)C1.O=C(O)CCC(=O)O. The van der Waals surface area contributed by atoms with E-state index in [2.05, 4.69) is 20.8 Å². The predicted molar refractivity (Wildman–Crippen MR) is 99.2 cm³/mol. The van der Waals surface area contributed by atoms with Crippen LogP contribution in [-0.4, -0.2) is 32.6 Å². The molecule has 1 saturated carbocycles. The average molecular weight is 411 g/mol. The van der Waals surface area contributed by atoms with Gasteiger partial charge in [-0.2, -0.15) is 0 Å². The van der Waals surface area contributed by atoms with Crippen LogP contribution in [0.2, 0.25) is 0 Å². The third-order valence-electron chi connectivity index (χ3n) is 4.82. The molecule has 150 valence electrons. The van der Waals surface area contributed by atoms with Crippen LogP contribution in [0.25, 0.3) is 0 Å². The Bertz CT molecular complexity index is 492. The summed E-state index contributed by atoms with van der Waals surface area (Å²) in [5.41, 5.74) is 0. The monoisotopic (exact) mass is 410 g/mol. The first-order valence-corrected chi connectivity index (χ1v) is 9.52. The van der Waals surface area contributed by atoms with Crippen molar-refractivity contribution in [2.24, 2.45) is 29.6 Å². The van der Waals surface area contributed by atoms with Crippen molar-refractivity contribution >= 4 is 45.6 Å². The number of aliphatic carboxylic acids is 2. The number of hydrogen-bond donors (Lipinski definition) is 2. The molecule has 1 aliphatic rings. The van der Waals surface area contributed by atoms with E-state index < -0.39 is 28.3 Å². The molecule has 0 heterocycles. The minimum Gasteiger partial charge on any atom is -0.481 e. The largest absolute Gasteiger partial charge is 0.481 e. The van der Waals surface area contributed by atoms with E-state index in [0.29, 0.717) is 17.8 Å². The number of rotatable bonds is 8. The maximum absolute atomic E-state index is 11.6. The van der Waals surface area contributed by atoms with Gasteiger partial charge in [0, 0.05) is 12.3 Å². The first kappa shape index (κ1) is 24.9. The molecular weight excluding hydrogens is 383 g/mol. The number of carbonyl (C=O) groups excluding carboxylic acids is 2. The van der Waals surface area contributed by atoms with Gasteiger partial charge < -0.3 is 10.2 Å². The van der Waals surface area contributed by atoms with Crippen molar-refractivity contribution in [3.05, 3.63) is 0 Å². The minimum atomic E-state index is -1.08. The smallest absolute Gasteiger partial charge is 0.303 e. The molecule has 4 unspecified atom stereocenters. The molecule has 1 rings (SSSR count). The van der Waals surface area contributed by atoms with Gasteiger partial charge in [-0.1, -0.05) is 27.2 Å². The van der Waals surface area contributed by atoms with Crippen LogP contribution >= 0.6 is 23.2 Å². The van der Waals surface area contributed by atoms with Crippen molar-refractivity contribution in [1.82, 2.24) is 0 Å². The molecule has 26 heavy (non-hydrogen) atoms. The molecule has 4 atom stereocenters. The highest BCUT2D eigenvalue weighted by Crippen LogP contribution is 2.43. The summed E-state index contributed by atoms with van der Waals surface area (Å²) in [4.78, 5) is 42.0. The van der Waals surface area contributed by atoms with E-state index in [9.17, 15) is 19.2 Å². The number of carboxylic acids is 2. The van der Waals surface area contributed by atoms with Crippen LogP contribution in [0, 0.1) is 29.6 Å². The molecular formula is C18H28Cl2O6. The fourth-order valence-electron chi connectivity index (χ4n) is 3.53. The Balaban J connectivity index is 0.000000660. The lowest BCUT2D eigenvalue weighted by atomic mass is 9.65. The lowest BCUT2D eigenvalue weighted by Crippen LogP contribution is -2.36. The molecule has 0 aromatic rings. The molecule has 0 saturated heterocycles. The van der Waals surface area contributed by atoms with Crippen LogP contribution in [0.4, 0.5) is 0 Å². The van der Waals surface area contributed by atoms with Gasteiger partial charge in [0.05, 0.1) is 12.8 Å². The van der Waals surface area contributed by atoms with Crippen molar-refractivity contribution in [3.8, 4) is 0 Å². The molecule has 0 aromatic heterocycles. The third kappa shape index (κ3) is 10.1. The first-order valence-electron chi connectivity index (χ1n) is 8.76. The van der Waals surface area contributed by atoms with Gasteiger partial charge in [0.15, 0.2) is 0 Å². The van der Waals surface area contributed by atoms with Gasteiger partial charge in [-0.3, -0.25) is 19.2 Å². The van der Waals surface area contributed by atoms with E-state index >= 15 is 0 Å². The van der Waals surface area contributed by atoms with Crippen molar-refractivity contribution in [2.75, 3.05) is 0 Å². The minimum absolute atomic E-state index is 0.0739. The standard InChI is InChI=1S/C14H22Cl2O2.C4H6O4/c1-8(2)10-5-4-9(3)6-11(10)12(14(16)18)7-13(15)17;5-3(6)1-2-4(7)8/h8-12H,4-7H2,1-3H3;1-2H2,(H,5,6)(H,7,8). The van der Waals surface area contributed by atoms with Gasteiger partial charge in [0.2, 0.25) is 10.5 Å². The summed E-state index contributed by atoms with van der Waals surface area (Å²) in [5.74, 6) is -0.807. The summed E-state index contributed by atoms with van der Waals surface area (Å²) in [6.07, 6.45) is 2.75. The van der Waals surface area contributed by atoms with E-state index in [1.165, 1.54) is 6.42 Å². The Hall–Kier alpha value is -1.14. The molecule has 0 spiro atoms. The number of hydrogen-bond acceptors (Lipinski definition) is 4. The van der Waals surface area contributed by atoms with Crippen molar-refractivity contribution in [2.45, 2.75) is 59.3 Å². The summed E-state index contributed by atoms with van der Waals surface area (Å²) < 4.78 is 0. The van der Waals surface area contributed by atoms with E-state index in [1.807, 2.05) is 0 Å². The van der Waals surface area contributed by atoms with Gasteiger partial charge in [0.25, 0.3) is 0 Å². The van der Waals surface area contributed by atoms with Crippen LogP contribution in [-0.2, 0) is 19.2 Å². The van der Waals surface area contributed by atoms with Crippen LogP contribution in [0.5, 0.6) is 0 Å². The maximum Gasteiger partial charge on any atom is 0.303 e. The molecule has 2 N–H and O–H groups in total. The highest BCUT2D eigenvalue weighted by atomic mass is 35.5. The van der Waals surface area contributed by atoms with E-state index in [-0.39, 0.29) is 25.2 Å². The Labute approximate surface area is 164 Å². The maximum atomic E-state index is 11.6. The van der Waals surface area contributed by atoms with Crippen LogP contribution < -0.4 is 0 Å². The molecule has 0 aromatic carbocycles. The van der Waals surface area contributed by atoms with Gasteiger partial charge in [-0.15, -0.1) is 0 Å². The van der Waals surface area contributed by atoms with Crippen molar-refractivity contribution < 1.29 is 29.4 Å².